The molecule has 20 heavy (non-hydrogen) atoms. The molecule has 2 atom stereocenters. The lowest BCUT2D eigenvalue weighted by molar-refractivity contribution is 0.190. The van der Waals surface area contributed by atoms with Crippen LogP contribution in [-0.4, -0.2) is 36.6 Å². The molecule has 0 bridgehead atoms. The van der Waals surface area contributed by atoms with Crippen LogP contribution in [0.1, 0.15) is 55.2 Å². The van der Waals surface area contributed by atoms with Gasteiger partial charge >= 0.3 is 0 Å². The van der Waals surface area contributed by atoms with Crippen molar-refractivity contribution in [1.29, 1.82) is 0 Å². The van der Waals surface area contributed by atoms with Gasteiger partial charge in [0.1, 0.15) is 0 Å². The molecule has 0 saturated carbocycles. The standard InChI is InChI=1S/C16H31N3S/c1-8-14(9-2)15(19(6)7)10-17-11(3)16-12(4)18-13(5)20-16/h11,14-15,17H,8-10H2,1-7H3. The van der Waals surface area contributed by atoms with Gasteiger partial charge in [-0.3, -0.25) is 0 Å². The maximum absolute atomic E-state index is 4.53. The maximum Gasteiger partial charge on any atom is 0.0900 e. The lowest BCUT2D eigenvalue weighted by Gasteiger charge is -2.32. The Hall–Kier alpha value is -0.450. The van der Waals surface area contributed by atoms with Gasteiger partial charge in [-0.15, -0.1) is 11.3 Å². The molecule has 1 heterocycles. The van der Waals surface area contributed by atoms with Gasteiger partial charge in [-0.2, -0.15) is 0 Å². The Morgan fingerprint density at radius 2 is 1.80 bits per heavy atom. The Morgan fingerprint density at radius 1 is 1.20 bits per heavy atom. The largest absolute Gasteiger partial charge is 0.308 e. The first kappa shape index (κ1) is 17.6. The molecule has 0 aliphatic rings. The third kappa shape index (κ3) is 4.54. The molecule has 0 aromatic carbocycles. The van der Waals surface area contributed by atoms with E-state index in [0.29, 0.717) is 12.1 Å². The number of hydrogen-bond acceptors (Lipinski definition) is 4. The van der Waals surface area contributed by atoms with Gasteiger partial charge in [-0.25, -0.2) is 4.98 Å². The minimum atomic E-state index is 0.387. The van der Waals surface area contributed by atoms with E-state index >= 15 is 0 Å². The number of nitrogens with one attached hydrogen (secondary N) is 1. The molecule has 0 amide bonds. The van der Waals surface area contributed by atoms with Crippen molar-refractivity contribution in [2.24, 2.45) is 5.92 Å². The summed E-state index contributed by atoms with van der Waals surface area (Å²) in [7, 11) is 4.38. The molecule has 2 unspecified atom stereocenters. The van der Waals surface area contributed by atoms with Crippen LogP contribution in [0.3, 0.4) is 0 Å². The zero-order valence-corrected chi connectivity index (χ0v) is 15.0. The van der Waals surface area contributed by atoms with Crippen molar-refractivity contribution < 1.29 is 0 Å². The topological polar surface area (TPSA) is 28.2 Å². The van der Waals surface area contributed by atoms with E-state index in [-0.39, 0.29) is 0 Å². The summed E-state index contributed by atoms with van der Waals surface area (Å²) in [5.41, 5.74) is 1.18. The van der Waals surface area contributed by atoms with Gasteiger partial charge in [0.15, 0.2) is 0 Å². The van der Waals surface area contributed by atoms with E-state index in [1.165, 1.54) is 23.4 Å². The highest BCUT2D eigenvalue weighted by Crippen LogP contribution is 2.25. The molecule has 0 radical (unpaired) electrons. The molecule has 4 heteroatoms. The van der Waals surface area contributed by atoms with Gasteiger partial charge in [0, 0.05) is 23.5 Å². The quantitative estimate of drug-likeness (QED) is 0.791. The normalized spacial score (nSPS) is 15.1. The number of nitrogens with zero attached hydrogens (tertiary/aromatic N) is 2. The molecule has 0 fully saturated rings. The second kappa shape index (κ2) is 8.11. The van der Waals surface area contributed by atoms with Crippen molar-refractivity contribution in [3.8, 4) is 0 Å². The van der Waals surface area contributed by atoms with E-state index < -0.39 is 0 Å². The lowest BCUT2D eigenvalue weighted by Crippen LogP contribution is -2.43. The van der Waals surface area contributed by atoms with Crippen LogP contribution in [-0.2, 0) is 0 Å². The van der Waals surface area contributed by atoms with E-state index in [4.69, 9.17) is 0 Å². The third-order valence-corrected chi connectivity index (χ3v) is 5.48. The number of rotatable bonds is 8. The first-order chi connectivity index (χ1) is 9.40. The Balaban J connectivity index is 2.65. The van der Waals surface area contributed by atoms with Crippen LogP contribution in [0.15, 0.2) is 0 Å². The Kier molecular flexibility index (Phi) is 7.13. The number of hydrogen-bond donors (Lipinski definition) is 1. The molecule has 116 valence electrons. The molecule has 1 aromatic heterocycles. The monoisotopic (exact) mass is 297 g/mol. The number of likely N-dealkylation sites (N-methyl/N-ethyl adjacent to an activating group) is 1. The summed E-state index contributed by atoms with van der Waals surface area (Å²) in [5.74, 6) is 0.758. The maximum atomic E-state index is 4.53. The number of aromatic nitrogens is 1. The SMILES string of the molecule is CCC(CC)C(CNC(C)c1sc(C)nc1C)N(C)C. The average molecular weight is 298 g/mol. The fourth-order valence-electron chi connectivity index (χ4n) is 2.94. The molecule has 1 aromatic rings. The molecule has 0 spiro atoms. The first-order valence-corrected chi connectivity index (χ1v) is 8.56. The molecule has 1 rings (SSSR count). The summed E-state index contributed by atoms with van der Waals surface area (Å²) < 4.78 is 0. The average Bonchev–Trinajstić information content (AvgIpc) is 2.72. The van der Waals surface area contributed by atoms with Crippen molar-refractivity contribution in [3.05, 3.63) is 15.6 Å². The van der Waals surface area contributed by atoms with Gasteiger partial charge < -0.3 is 10.2 Å². The van der Waals surface area contributed by atoms with Gasteiger partial charge in [-0.05, 0) is 40.8 Å². The van der Waals surface area contributed by atoms with Crippen LogP contribution >= 0.6 is 11.3 Å². The van der Waals surface area contributed by atoms with Crippen molar-refractivity contribution in [2.45, 2.75) is 59.5 Å². The van der Waals surface area contributed by atoms with Gasteiger partial charge in [0.2, 0.25) is 0 Å². The molecule has 1 N–H and O–H groups in total. The third-order valence-electron chi connectivity index (χ3n) is 4.22. The van der Waals surface area contributed by atoms with Crippen molar-refractivity contribution in [2.75, 3.05) is 20.6 Å². The minimum Gasteiger partial charge on any atom is -0.308 e. The van der Waals surface area contributed by atoms with Crippen LogP contribution in [0.25, 0.3) is 0 Å². The van der Waals surface area contributed by atoms with E-state index in [1.54, 1.807) is 0 Å². The Bertz CT molecular complexity index is 396. The molecule has 0 aliphatic carbocycles. The van der Waals surface area contributed by atoms with E-state index in [1.807, 2.05) is 11.3 Å². The predicted molar refractivity (Wildman–Crippen MR) is 89.6 cm³/mol. The highest BCUT2D eigenvalue weighted by molar-refractivity contribution is 7.11. The molecular formula is C16H31N3S. The zero-order chi connectivity index (χ0) is 15.3. The van der Waals surface area contributed by atoms with Crippen LogP contribution < -0.4 is 5.32 Å². The molecule has 3 nitrogen and oxygen atoms in total. The molecule has 0 aliphatic heterocycles. The van der Waals surface area contributed by atoms with Crippen LogP contribution in [0, 0.1) is 19.8 Å². The lowest BCUT2D eigenvalue weighted by atomic mass is 9.93. The van der Waals surface area contributed by atoms with Crippen LogP contribution in [0.4, 0.5) is 0 Å². The predicted octanol–water partition coefficient (Wildman–Crippen LogP) is 3.78. The zero-order valence-electron chi connectivity index (χ0n) is 14.2. The van der Waals surface area contributed by atoms with Crippen LogP contribution in [0.2, 0.25) is 0 Å². The summed E-state index contributed by atoms with van der Waals surface area (Å²) in [4.78, 5) is 8.27. The van der Waals surface area contributed by atoms with Gasteiger partial charge in [0.05, 0.1) is 10.7 Å². The van der Waals surface area contributed by atoms with Crippen molar-refractivity contribution >= 4 is 11.3 Å². The summed E-state index contributed by atoms with van der Waals surface area (Å²) in [5, 5.41) is 4.87. The summed E-state index contributed by atoms with van der Waals surface area (Å²) in [6.45, 7) is 12.1. The molecule has 0 saturated heterocycles. The summed E-state index contributed by atoms with van der Waals surface area (Å²) >= 11 is 1.82. The Labute approximate surface area is 128 Å². The van der Waals surface area contributed by atoms with Crippen LogP contribution in [0.5, 0.6) is 0 Å². The van der Waals surface area contributed by atoms with E-state index in [2.05, 4.69) is 63.9 Å². The second-order valence-electron chi connectivity index (χ2n) is 5.92. The van der Waals surface area contributed by atoms with E-state index in [0.717, 1.165) is 17.5 Å². The number of aryl methyl sites for hydroxylation is 2. The fraction of sp³-hybridized carbons (Fsp3) is 0.812. The Morgan fingerprint density at radius 3 is 2.20 bits per heavy atom. The smallest absolute Gasteiger partial charge is 0.0900 e. The van der Waals surface area contributed by atoms with Crippen molar-refractivity contribution in [1.82, 2.24) is 15.2 Å². The van der Waals surface area contributed by atoms with Crippen molar-refractivity contribution in [3.63, 3.8) is 0 Å². The highest BCUT2D eigenvalue weighted by Gasteiger charge is 2.22. The molecular weight excluding hydrogens is 266 g/mol. The highest BCUT2D eigenvalue weighted by atomic mass is 32.1. The fourth-order valence-corrected chi connectivity index (χ4v) is 3.90. The second-order valence-corrected chi connectivity index (χ2v) is 7.15. The summed E-state index contributed by atoms with van der Waals surface area (Å²) in [6, 6.07) is 0.986. The first-order valence-electron chi connectivity index (χ1n) is 7.74. The minimum absolute atomic E-state index is 0.387. The van der Waals surface area contributed by atoms with Gasteiger partial charge in [0.25, 0.3) is 0 Å². The summed E-state index contributed by atoms with van der Waals surface area (Å²) in [6.07, 6.45) is 2.49. The number of thiazole rings is 1. The van der Waals surface area contributed by atoms with E-state index in [9.17, 15) is 0 Å². The van der Waals surface area contributed by atoms with Gasteiger partial charge in [-0.1, -0.05) is 26.7 Å².